The largest absolute Gasteiger partial charge is 0.399 e. The third-order valence-electron chi connectivity index (χ3n) is 3.55. The number of anilines is 2. The smallest absolute Gasteiger partial charge is 0.267 e. The summed E-state index contributed by atoms with van der Waals surface area (Å²) in [4.78, 5) is 17.6. The van der Waals surface area contributed by atoms with Crippen LogP contribution in [0.4, 0.5) is 11.5 Å². The van der Waals surface area contributed by atoms with Gasteiger partial charge in [-0.3, -0.25) is 4.79 Å². The summed E-state index contributed by atoms with van der Waals surface area (Å²) in [7, 11) is 0. The van der Waals surface area contributed by atoms with Gasteiger partial charge in [-0.15, -0.1) is 0 Å². The second-order valence-electron chi connectivity index (χ2n) is 4.94. The van der Waals surface area contributed by atoms with Gasteiger partial charge in [0.05, 0.1) is 0 Å². The Morgan fingerprint density at radius 2 is 2.05 bits per heavy atom. The third-order valence-corrected chi connectivity index (χ3v) is 3.55. The van der Waals surface area contributed by atoms with Crippen molar-refractivity contribution in [3.05, 3.63) is 53.2 Å². The number of primary amides is 1. The standard InChI is InChI=1S/C15H16N4O/c16-12-5-4-10-6-7-19(9-11(10)8-12)14-3-1-2-13(18-14)15(17)20/h1-5,8H,6-7,9,16H2,(H2,17,20). The zero-order valence-corrected chi connectivity index (χ0v) is 11.0. The number of amides is 1. The normalized spacial score (nSPS) is 13.9. The lowest BCUT2D eigenvalue weighted by Crippen LogP contribution is -2.31. The van der Waals surface area contributed by atoms with Crippen LogP contribution in [0, 0.1) is 0 Å². The number of benzene rings is 1. The molecular weight excluding hydrogens is 252 g/mol. The molecule has 5 heteroatoms. The van der Waals surface area contributed by atoms with Crippen LogP contribution in [0.2, 0.25) is 0 Å². The van der Waals surface area contributed by atoms with Gasteiger partial charge in [0.2, 0.25) is 0 Å². The highest BCUT2D eigenvalue weighted by Gasteiger charge is 2.18. The van der Waals surface area contributed by atoms with E-state index in [9.17, 15) is 4.79 Å². The topological polar surface area (TPSA) is 85.2 Å². The molecule has 0 unspecified atom stereocenters. The predicted octanol–water partition coefficient (Wildman–Crippen LogP) is 1.33. The lowest BCUT2D eigenvalue weighted by Gasteiger charge is -2.30. The summed E-state index contributed by atoms with van der Waals surface area (Å²) in [5.74, 6) is 0.267. The molecule has 3 rings (SSSR count). The van der Waals surface area contributed by atoms with E-state index in [-0.39, 0.29) is 0 Å². The molecule has 1 aliphatic heterocycles. The van der Waals surface area contributed by atoms with Crippen LogP contribution >= 0.6 is 0 Å². The first-order valence-electron chi connectivity index (χ1n) is 6.52. The van der Waals surface area contributed by atoms with Gasteiger partial charge in [0.15, 0.2) is 0 Å². The van der Waals surface area contributed by atoms with E-state index in [1.165, 1.54) is 11.1 Å². The van der Waals surface area contributed by atoms with Gasteiger partial charge >= 0.3 is 0 Å². The number of carbonyl (C=O) groups excluding carboxylic acids is 1. The van der Waals surface area contributed by atoms with Crippen LogP contribution in [0.25, 0.3) is 0 Å². The Morgan fingerprint density at radius 3 is 2.85 bits per heavy atom. The predicted molar refractivity (Wildman–Crippen MR) is 78.4 cm³/mol. The van der Waals surface area contributed by atoms with Crippen LogP contribution in [0.15, 0.2) is 36.4 Å². The van der Waals surface area contributed by atoms with Gasteiger partial charge in [0.1, 0.15) is 11.5 Å². The fourth-order valence-electron chi connectivity index (χ4n) is 2.51. The molecule has 5 nitrogen and oxygen atoms in total. The Kier molecular flexibility index (Phi) is 3.02. The molecule has 4 N–H and O–H groups in total. The molecule has 2 heterocycles. The SMILES string of the molecule is NC(=O)c1cccc(N2CCc3ccc(N)cc3C2)n1. The van der Waals surface area contributed by atoms with Crippen molar-refractivity contribution in [3.63, 3.8) is 0 Å². The van der Waals surface area contributed by atoms with Gasteiger partial charge in [0.25, 0.3) is 5.91 Å². The summed E-state index contributed by atoms with van der Waals surface area (Å²) in [6.45, 7) is 1.61. The number of hydrogen-bond acceptors (Lipinski definition) is 4. The molecule has 0 spiro atoms. The first kappa shape index (κ1) is 12.5. The van der Waals surface area contributed by atoms with Crippen LogP contribution < -0.4 is 16.4 Å². The first-order chi connectivity index (χ1) is 9.63. The summed E-state index contributed by atoms with van der Waals surface area (Å²) in [6.07, 6.45) is 0.943. The van der Waals surface area contributed by atoms with Crippen LogP contribution in [0.5, 0.6) is 0 Å². The van der Waals surface area contributed by atoms with E-state index >= 15 is 0 Å². The number of carbonyl (C=O) groups is 1. The van der Waals surface area contributed by atoms with Crippen molar-refractivity contribution in [1.82, 2.24) is 4.98 Å². The molecule has 1 aliphatic rings. The van der Waals surface area contributed by atoms with Gasteiger partial charge in [-0.2, -0.15) is 0 Å². The Bertz CT molecular complexity index is 669. The van der Waals surface area contributed by atoms with Crippen molar-refractivity contribution >= 4 is 17.4 Å². The monoisotopic (exact) mass is 268 g/mol. The van der Waals surface area contributed by atoms with Crippen molar-refractivity contribution in [2.24, 2.45) is 5.73 Å². The zero-order chi connectivity index (χ0) is 14.1. The number of pyridine rings is 1. The van der Waals surface area contributed by atoms with Gasteiger partial charge in [-0.1, -0.05) is 12.1 Å². The minimum absolute atomic E-state index is 0.292. The average molecular weight is 268 g/mol. The van der Waals surface area contributed by atoms with Gasteiger partial charge in [0, 0.05) is 18.8 Å². The second-order valence-corrected chi connectivity index (χ2v) is 4.94. The average Bonchev–Trinajstić information content (AvgIpc) is 2.46. The zero-order valence-electron chi connectivity index (χ0n) is 11.0. The molecule has 2 aromatic rings. The number of nitrogens with zero attached hydrogens (tertiary/aromatic N) is 2. The molecule has 102 valence electrons. The number of fused-ring (bicyclic) bond motifs is 1. The third kappa shape index (κ3) is 2.30. The van der Waals surface area contributed by atoms with Crippen LogP contribution in [-0.4, -0.2) is 17.4 Å². The second kappa shape index (κ2) is 4.85. The molecule has 20 heavy (non-hydrogen) atoms. The highest BCUT2D eigenvalue weighted by atomic mass is 16.1. The summed E-state index contributed by atoms with van der Waals surface area (Å²) in [5, 5.41) is 0. The summed E-state index contributed by atoms with van der Waals surface area (Å²) in [6, 6.07) is 11.3. The molecular formula is C15H16N4O. The molecule has 1 aromatic heterocycles. The quantitative estimate of drug-likeness (QED) is 0.804. The Hall–Kier alpha value is -2.56. The fraction of sp³-hybridized carbons (Fsp3) is 0.200. The molecule has 0 radical (unpaired) electrons. The molecule has 0 bridgehead atoms. The maximum Gasteiger partial charge on any atom is 0.267 e. The van der Waals surface area contributed by atoms with Crippen molar-refractivity contribution in [3.8, 4) is 0 Å². The minimum Gasteiger partial charge on any atom is -0.399 e. The molecule has 0 fully saturated rings. The highest BCUT2D eigenvalue weighted by molar-refractivity contribution is 5.91. The van der Waals surface area contributed by atoms with Gasteiger partial charge in [-0.25, -0.2) is 4.98 Å². The van der Waals surface area contributed by atoms with Crippen molar-refractivity contribution in [2.75, 3.05) is 17.2 Å². The Labute approximate surface area is 117 Å². The van der Waals surface area contributed by atoms with Gasteiger partial charge < -0.3 is 16.4 Å². The van der Waals surface area contributed by atoms with Crippen molar-refractivity contribution in [2.45, 2.75) is 13.0 Å². The van der Waals surface area contributed by atoms with Crippen LogP contribution in [0.3, 0.4) is 0 Å². The molecule has 1 amide bonds. The molecule has 1 aromatic carbocycles. The maximum absolute atomic E-state index is 11.2. The first-order valence-corrected chi connectivity index (χ1v) is 6.52. The fourth-order valence-corrected chi connectivity index (χ4v) is 2.51. The number of nitrogen functional groups attached to an aromatic ring is 1. The van der Waals surface area contributed by atoms with E-state index in [0.29, 0.717) is 5.69 Å². The van der Waals surface area contributed by atoms with Gasteiger partial charge in [-0.05, 0) is 41.8 Å². The minimum atomic E-state index is -0.506. The Balaban J connectivity index is 1.90. The van der Waals surface area contributed by atoms with Crippen molar-refractivity contribution < 1.29 is 4.79 Å². The van der Waals surface area contributed by atoms with Crippen LogP contribution in [-0.2, 0) is 13.0 Å². The number of aromatic nitrogens is 1. The van der Waals surface area contributed by atoms with E-state index in [2.05, 4.69) is 16.0 Å². The van der Waals surface area contributed by atoms with E-state index < -0.39 is 5.91 Å². The molecule has 0 saturated carbocycles. The van der Waals surface area contributed by atoms with Crippen LogP contribution in [0.1, 0.15) is 21.6 Å². The molecule has 0 atom stereocenters. The van der Waals surface area contributed by atoms with Crippen molar-refractivity contribution in [1.29, 1.82) is 0 Å². The number of nitrogens with two attached hydrogens (primary N) is 2. The van der Waals surface area contributed by atoms with E-state index in [1.807, 2.05) is 18.2 Å². The van der Waals surface area contributed by atoms with E-state index in [1.54, 1.807) is 12.1 Å². The van der Waals surface area contributed by atoms with E-state index in [4.69, 9.17) is 11.5 Å². The highest BCUT2D eigenvalue weighted by Crippen LogP contribution is 2.24. The maximum atomic E-state index is 11.2. The molecule has 0 aliphatic carbocycles. The summed E-state index contributed by atoms with van der Waals surface area (Å²) < 4.78 is 0. The lowest BCUT2D eigenvalue weighted by molar-refractivity contribution is 0.0995. The number of rotatable bonds is 2. The summed E-state index contributed by atoms with van der Waals surface area (Å²) >= 11 is 0. The lowest BCUT2D eigenvalue weighted by atomic mass is 9.99. The summed E-state index contributed by atoms with van der Waals surface area (Å²) in [5.41, 5.74) is 14.7. The molecule has 0 saturated heterocycles. The number of hydrogen-bond donors (Lipinski definition) is 2. The Morgan fingerprint density at radius 1 is 1.20 bits per heavy atom. The van der Waals surface area contributed by atoms with E-state index in [0.717, 1.165) is 31.0 Å².